The van der Waals surface area contributed by atoms with Crippen molar-refractivity contribution in [2.75, 3.05) is 51.4 Å². The number of nitriles is 1. The second-order valence-corrected chi connectivity index (χ2v) is 7.73. The number of furan rings is 1. The van der Waals surface area contributed by atoms with Crippen LogP contribution in [0.5, 0.6) is 11.5 Å². The van der Waals surface area contributed by atoms with Crippen molar-refractivity contribution >= 4 is 17.8 Å². The lowest BCUT2D eigenvalue weighted by molar-refractivity contribution is -0.153. The molecule has 1 amide bonds. The number of methoxy groups -OCH3 is 1. The molecule has 1 aliphatic rings. The molecule has 11 nitrogen and oxygen atoms in total. The molecule has 1 fully saturated rings. The number of hydrogen-bond acceptors (Lipinski definition) is 10. The van der Waals surface area contributed by atoms with Gasteiger partial charge in [-0.1, -0.05) is 6.07 Å². The fourth-order valence-corrected chi connectivity index (χ4v) is 3.57. The van der Waals surface area contributed by atoms with E-state index in [-0.39, 0.29) is 30.7 Å². The van der Waals surface area contributed by atoms with Crippen molar-refractivity contribution in [1.29, 1.82) is 5.26 Å². The summed E-state index contributed by atoms with van der Waals surface area (Å²) >= 11 is 0. The molecule has 3 heterocycles. The molecule has 1 aliphatic heterocycles. The molecule has 0 bridgehead atoms. The largest absolute Gasteiger partial charge is 0.493 e. The lowest BCUT2D eigenvalue weighted by atomic mass is 10.2. The minimum Gasteiger partial charge on any atom is -0.493 e. The van der Waals surface area contributed by atoms with Gasteiger partial charge < -0.3 is 32.8 Å². The predicted molar refractivity (Wildman–Crippen MR) is 122 cm³/mol. The van der Waals surface area contributed by atoms with E-state index in [0.717, 1.165) is 5.56 Å². The van der Waals surface area contributed by atoms with Crippen molar-refractivity contribution in [3.8, 4) is 29.2 Å². The Kier molecular flexibility index (Phi) is 7.21. The number of esters is 1. The van der Waals surface area contributed by atoms with Crippen LogP contribution in [0.25, 0.3) is 11.7 Å². The van der Waals surface area contributed by atoms with E-state index in [0.29, 0.717) is 49.3 Å². The summed E-state index contributed by atoms with van der Waals surface area (Å²) in [6.07, 6.45) is 1.49. The second kappa shape index (κ2) is 10.6. The zero-order valence-electron chi connectivity index (χ0n) is 19.4. The van der Waals surface area contributed by atoms with E-state index in [2.05, 4.69) is 4.98 Å². The summed E-state index contributed by atoms with van der Waals surface area (Å²) < 4.78 is 26.8. The van der Waals surface area contributed by atoms with Crippen molar-refractivity contribution in [1.82, 2.24) is 9.88 Å². The second-order valence-electron chi connectivity index (χ2n) is 7.73. The number of anilines is 1. The Balaban J connectivity index is 1.25. The number of nitrogens with zero attached hydrogens (tertiary/aromatic N) is 4. The molecular formula is C24H24N4O7. The third-order valence-corrected chi connectivity index (χ3v) is 5.39. The molecule has 0 atom stereocenters. The number of piperazine rings is 1. The number of oxazole rings is 1. The molecule has 0 radical (unpaired) electrons. The molecule has 0 spiro atoms. The number of aromatic nitrogens is 1. The standard InChI is InChI=1S/C24H24N4O7/c1-16-5-6-18(20(12-16)31-2)33-15-22(30)34-14-21(29)27-7-9-28(10-8-27)24-17(13-25)26-23(35-24)19-4-3-11-32-19/h3-6,11-12H,7-10,14-15H2,1-2H3. The minimum atomic E-state index is -0.662. The average Bonchev–Trinajstić information content (AvgIpc) is 3.56. The van der Waals surface area contributed by atoms with Crippen LogP contribution in [0, 0.1) is 18.3 Å². The molecule has 3 aromatic rings. The van der Waals surface area contributed by atoms with Crippen LogP contribution in [0.2, 0.25) is 0 Å². The van der Waals surface area contributed by atoms with Crippen LogP contribution in [0.15, 0.2) is 45.4 Å². The van der Waals surface area contributed by atoms with Crippen molar-refractivity contribution in [3.05, 3.63) is 47.9 Å². The summed E-state index contributed by atoms with van der Waals surface area (Å²) in [5, 5.41) is 9.42. The van der Waals surface area contributed by atoms with Gasteiger partial charge in [0.2, 0.25) is 11.6 Å². The van der Waals surface area contributed by atoms with Gasteiger partial charge in [0, 0.05) is 26.2 Å². The molecule has 0 N–H and O–H groups in total. The zero-order chi connectivity index (χ0) is 24.8. The molecule has 35 heavy (non-hydrogen) atoms. The minimum absolute atomic E-state index is 0.148. The lowest BCUT2D eigenvalue weighted by Gasteiger charge is -2.34. The first-order valence-corrected chi connectivity index (χ1v) is 10.9. The van der Waals surface area contributed by atoms with Gasteiger partial charge >= 0.3 is 5.97 Å². The third-order valence-electron chi connectivity index (χ3n) is 5.39. The number of hydrogen-bond donors (Lipinski definition) is 0. The first-order valence-electron chi connectivity index (χ1n) is 10.9. The van der Waals surface area contributed by atoms with E-state index >= 15 is 0 Å². The number of aryl methyl sites for hydroxylation is 1. The summed E-state index contributed by atoms with van der Waals surface area (Å²) in [5.74, 6) is 0.920. The Morgan fingerprint density at radius 3 is 2.63 bits per heavy atom. The molecule has 11 heteroatoms. The Morgan fingerprint density at radius 1 is 1.14 bits per heavy atom. The van der Waals surface area contributed by atoms with Gasteiger partial charge in [0.25, 0.3) is 11.8 Å². The first-order chi connectivity index (χ1) is 17.0. The highest BCUT2D eigenvalue weighted by molar-refractivity contribution is 5.81. The smallest absolute Gasteiger partial charge is 0.344 e. The summed E-state index contributed by atoms with van der Waals surface area (Å²) in [5.41, 5.74) is 1.14. The van der Waals surface area contributed by atoms with Crippen molar-refractivity contribution < 1.29 is 32.6 Å². The van der Waals surface area contributed by atoms with Crippen molar-refractivity contribution in [2.45, 2.75) is 6.92 Å². The van der Waals surface area contributed by atoms with E-state index in [4.69, 9.17) is 23.0 Å². The highest BCUT2D eigenvalue weighted by Crippen LogP contribution is 2.29. The van der Waals surface area contributed by atoms with Crippen LogP contribution in [0.3, 0.4) is 0 Å². The van der Waals surface area contributed by atoms with Crippen molar-refractivity contribution in [2.24, 2.45) is 0 Å². The Bertz CT molecular complexity index is 1220. The van der Waals surface area contributed by atoms with Gasteiger partial charge in [0.15, 0.2) is 30.5 Å². The maximum atomic E-state index is 12.5. The van der Waals surface area contributed by atoms with Gasteiger partial charge in [-0.05, 0) is 36.8 Å². The fourth-order valence-electron chi connectivity index (χ4n) is 3.57. The topological polar surface area (TPSA) is 131 Å². The average molecular weight is 480 g/mol. The molecule has 0 aliphatic carbocycles. The van der Waals surface area contributed by atoms with E-state index < -0.39 is 5.97 Å². The molecule has 1 saturated heterocycles. The molecule has 4 rings (SSSR count). The third kappa shape index (κ3) is 5.55. The molecule has 2 aromatic heterocycles. The van der Waals surface area contributed by atoms with Gasteiger partial charge in [-0.25, -0.2) is 4.79 Å². The van der Waals surface area contributed by atoms with Gasteiger partial charge in [0.05, 0.1) is 13.4 Å². The first kappa shape index (κ1) is 23.7. The predicted octanol–water partition coefficient (Wildman–Crippen LogP) is 2.39. The van der Waals surface area contributed by atoms with E-state index in [9.17, 15) is 14.9 Å². The summed E-state index contributed by atoms with van der Waals surface area (Å²) in [6, 6.07) is 10.8. The maximum absolute atomic E-state index is 12.5. The van der Waals surface area contributed by atoms with E-state index in [1.807, 2.05) is 24.0 Å². The normalized spacial score (nSPS) is 13.3. The summed E-state index contributed by atoms with van der Waals surface area (Å²) in [4.78, 5) is 32.2. The van der Waals surface area contributed by atoms with Crippen LogP contribution in [-0.2, 0) is 14.3 Å². The zero-order valence-corrected chi connectivity index (χ0v) is 19.4. The SMILES string of the molecule is COc1cc(C)ccc1OCC(=O)OCC(=O)N1CCN(c2oc(-c3ccco3)nc2C#N)CC1. The molecule has 0 saturated carbocycles. The molecular weight excluding hydrogens is 456 g/mol. The van der Waals surface area contributed by atoms with E-state index in [1.54, 1.807) is 29.2 Å². The van der Waals surface area contributed by atoms with E-state index in [1.165, 1.54) is 13.4 Å². The Labute approximate surface area is 201 Å². The monoisotopic (exact) mass is 480 g/mol. The van der Waals surface area contributed by atoms with Crippen LogP contribution in [0.1, 0.15) is 11.3 Å². The van der Waals surface area contributed by atoms with Gasteiger partial charge in [-0.3, -0.25) is 4.79 Å². The Morgan fingerprint density at radius 2 is 1.94 bits per heavy atom. The highest BCUT2D eigenvalue weighted by atomic mass is 16.6. The summed E-state index contributed by atoms with van der Waals surface area (Å²) in [6.45, 7) is 2.78. The maximum Gasteiger partial charge on any atom is 0.344 e. The van der Waals surface area contributed by atoms with Crippen molar-refractivity contribution in [3.63, 3.8) is 0 Å². The lowest BCUT2D eigenvalue weighted by Crippen LogP contribution is -2.50. The number of carbonyl (C=O) groups excluding carboxylic acids is 2. The van der Waals surface area contributed by atoms with Gasteiger partial charge in [-0.15, -0.1) is 0 Å². The van der Waals surface area contributed by atoms with Crippen LogP contribution < -0.4 is 14.4 Å². The highest BCUT2D eigenvalue weighted by Gasteiger charge is 2.27. The number of amides is 1. The number of ether oxygens (including phenoxy) is 3. The van der Waals surface area contributed by atoms with Crippen LogP contribution >= 0.6 is 0 Å². The fraction of sp³-hybridized carbons (Fsp3) is 0.333. The number of benzene rings is 1. The van der Waals surface area contributed by atoms with Crippen LogP contribution in [0.4, 0.5) is 5.88 Å². The molecule has 182 valence electrons. The summed E-state index contributed by atoms with van der Waals surface area (Å²) in [7, 11) is 1.51. The molecule has 0 unspecified atom stereocenters. The van der Waals surface area contributed by atoms with Crippen LogP contribution in [-0.4, -0.2) is 68.3 Å². The van der Waals surface area contributed by atoms with Gasteiger partial charge in [0.1, 0.15) is 6.07 Å². The quantitative estimate of drug-likeness (QED) is 0.443. The molecule has 1 aromatic carbocycles. The number of rotatable bonds is 8. The number of carbonyl (C=O) groups is 2. The Hall–Kier alpha value is -4.46. The van der Waals surface area contributed by atoms with Gasteiger partial charge in [-0.2, -0.15) is 10.2 Å².